The lowest BCUT2D eigenvalue weighted by Gasteiger charge is -2.08. The number of rotatable bonds is 8. The molecular formula is C23H19N3O6. The Morgan fingerprint density at radius 1 is 0.906 bits per heavy atom. The number of nitrogens with zero attached hydrogens (tertiary/aromatic N) is 2. The minimum atomic E-state index is -0.539. The number of carbonyl (C=O) groups is 2. The fourth-order valence-corrected chi connectivity index (χ4v) is 2.89. The molecule has 0 heterocycles. The van der Waals surface area contributed by atoms with Crippen LogP contribution in [0.3, 0.4) is 0 Å². The molecule has 3 aromatic carbocycles. The maximum absolute atomic E-state index is 12.6. The lowest BCUT2D eigenvalue weighted by Crippen LogP contribution is -2.19. The summed E-state index contributed by atoms with van der Waals surface area (Å²) in [5.74, 6) is 5.44. The molecule has 0 bridgehead atoms. The Labute approximate surface area is 183 Å². The lowest BCUT2D eigenvalue weighted by molar-refractivity contribution is -0.384. The van der Waals surface area contributed by atoms with E-state index in [1.807, 2.05) is 0 Å². The van der Waals surface area contributed by atoms with Gasteiger partial charge in [-0.1, -0.05) is 12.1 Å². The Hall–Kier alpha value is -4.53. The molecule has 0 amide bonds. The van der Waals surface area contributed by atoms with Gasteiger partial charge in [0, 0.05) is 24.1 Å². The van der Waals surface area contributed by atoms with Gasteiger partial charge in [0.25, 0.3) is 5.69 Å². The number of hydrogen-bond acceptors (Lipinski definition) is 8. The number of nitro groups is 1. The van der Waals surface area contributed by atoms with E-state index in [1.54, 1.807) is 36.4 Å². The van der Waals surface area contributed by atoms with Crippen molar-refractivity contribution in [2.75, 3.05) is 7.11 Å². The third-order valence-corrected chi connectivity index (χ3v) is 4.57. The van der Waals surface area contributed by atoms with Gasteiger partial charge in [-0.3, -0.25) is 14.9 Å². The van der Waals surface area contributed by atoms with Crippen molar-refractivity contribution in [3.05, 3.63) is 99.6 Å². The topological polar surface area (TPSA) is 134 Å². The predicted octanol–water partition coefficient (Wildman–Crippen LogP) is 3.30. The molecule has 0 radical (unpaired) electrons. The van der Waals surface area contributed by atoms with Crippen LogP contribution < -0.4 is 15.3 Å². The number of nitro benzene ring substituents is 1. The zero-order valence-electron chi connectivity index (χ0n) is 17.1. The van der Waals surface area contributed by atoms with Gasteiger partial charge in [-0.05, 0) is 54.1 Å². The quantitative estimate of drug-likeness (QED) is 0.144. The predicted molar refractivity (Wildman–Crippen MR) is 117 cm³/mol. The monoisotopic (exact) mass is 433 g/mol. The van der Waals surface area contributed by atoms with Crippen molar-refractivity contribution in [3.63, 3.8) is 0 Å². The van der Waals surface area contributed by atoms with E-state index in [2.05, 4.69) is 5.10 Å². The molecule has 0 saturated heterocycles. The molecule has 0 fully saturated rings. The molecule has 9 heteroatoms. The first-order valence-corrected chi connectivity index (χ1v) is 9.42. The molecule has 0 aliphatic heterocycles. The second kappa shape index (κ2) is 9.98. The molecule has 32 heavy (non-hydrogen) atoms. The number of hydrogen-bond donors (Lipinski definition) is 1. The van der Waals surface area contributed by atoms with Crippen LogP contribution in [0, 0.1) is 10.1 Å². The van der Waals surface area contributed by atoms with E-state index in [4.69, 9.17) is 15.3 Å². The first-order chi connectivity index (χ1) is 15.4. The van der Waals surface area contributed by atoms with Crippen molar-refractivity contribution in [2.24, 2.45) is 10.9 Å². The van der Waals surface area contributed by atoms with Gasteiger partial charge in [0.2, 0.25) is 0 Å². The molecule has 2 N–H and O–H groups in total. The minimum Gasteiger partial charge on any atom is -0.497 e. The van der Waals surface area contributed by atoms with Crippen molar-refractivity contribution in [3.8, 4) is 11.5 Å². The van der Waals surface area contributed by atoms with Crippen LogP contribution in [0.1, 0.15) is 21.5 Å². The van der Waals surface area contributed by atoms with Crippen LogP contribution in [-0.4, -0.2) is 29.5 Å². The molecule has 3 rings (SSSR count). The molecule has 0 saturated carbocycles. The highest BCUT2D eigenvalue weighted by Gasteiger charge is 2.16. The van der Waals surface area contributed by atoms with Crippen molar-refractivity contribution in [2.45, 2.75) is 6.42 Å². The number of nitrogens with two attached hydrogens (primary N) is 1. The zero-order chi connectivity index (χ0) is 23.1. The van der Waals surface area contributed by atoms with E-state index >= 15 is 0 Å². The Balaban J connectivity index is 1.66. The summed E-state index contributed by atoms with van der Waals surface area (Å²) < 4.78 is 10.4. The molecule has 0 aliphatic carbocycles. The van der Waals surface area contributed by atoms with E-state index in [1.165, 1.54) is 43.5 Å². The number of ketones is 1. The first-order valence-electron chi connectivity index (χ1n) is 9.42. The molecule has 0 aliphatic rings. The Kier molecular flexibility index (Phi) is 6.92. The van der Waals surface area contributed by atoms with Crippen LogP contribution >= 0.6 is 0 Å². The van der Waals surface area contributed by atoms with Crippen LogP contribution in [0.4, 0.5) is 5.69 Å². The molecule has 9 nitrogen and oxygen atoms in total. The summed E-state index contributed by atoms with van der Waals surface area (Å²) in [7, 11) is 1.53. The Morgan fingerprint density at radius 2 is 1.47 bits per heavy atom. The number of esters is 1. The van der Waals surface area contributed by atoms with Gasteiger partial charge in [0.05, 0.1) is 17.6 Å². The lowest BCUT2D eigenvalue weighted by atomic mass is 10.0. The van der Waals surface area contributed by atoms with E-state index in [0.717, 1.165) is 0 Å². The second-order valence-electron chi connectivity index (χ2n) is 6.64. The normalized spacial score (nSPS) is 11.0. The van der Waals surface area contributed by atoms with E-state index in [0.29, 0.717) is 22.4 Å². The Morgan fingerprint density at radius 3 is 2.00 bits per heavy atom. The highest BCUT2D eigenvalue weighted by Crippen LogP contribution is 2.18. The number of methoxy groups -OCH3 is 1. The van der Waals surface area contributed by atoms with E-state index in [-0.39, 0.29) is 29.4 Å². The van der Waals surface area contributed by atoms with Gasteiger partial charge in [0.1, 0.15) is 17.2 Å². The fraction of sp³-hybridized carbons (Fsp3) is 0.0870. The van der Waals surface area contributed by atoms with Crippen LogP contribution in [-0.2, 0) is 11.2 Å². The van der Waals surface area contributed by atoms with Crippen molar-refractivity contribution < 1.29 is 24.0 Å². The van der Waals surface area contributed by atoms with Gasteiger partial charge < -0.3 is 15.3 Å². The minimum absolute atomic E-state index is 0.0256. The molecule has 0 atom stereocenters. The van der Waals surface area contributed by atoms with Gasteiger partial charge in [-0.25, -0.2) is 4.79 Å². The highest BCUT2D eigenvalue weighted by molar-refractivity contribution is 6.46. The first kappa shape index (κ1) is 22.2. The summed E-state index contributed by atoms with van der Waals surface area (Å²) in [5, 5.41) is 14.3. The maximum Gasteiger partial charge on any atom is 0.343 e. The fourth-order valence-electron chi connectivity index (χ4n) is 2.89. The molecule has 0 unspecified atom stereocenters. The zero-order valence-corrected chi connectivity index (χ0v) is 17.1. The molecule has 3 aromatic rings. The van der Waals surface area contributed by atoms with Gasteiger partial charge >= 0.3 is 5.97 Å². The van der Waals surface area contributed by atoms with Gasteiger partial charge in [-0.2, -0.15) is 5.10 Å². The van der Waals surface area contributed by atoms with Crippen LogP contribution in [0.5, 0.6) is 11.5 Å². The SMILES string of the molecule is COc1ccc(C(=O)Oc2ccc(/C(=N\N)C(=O)Cc3ccc([N+](=O)[O-])cc3)cc2)cc1. The summed E-state index contributed by atoms with van der Waals surface area (Å²) in [6.45, 7) is 0. The summed E-state index contributed by atoms with van der Waals surface area (Å²) in [5.41, 5.74) is 1.37. The molecule has 162 valence electrons. The molecule has 0 aromatic heterocycles. The third-order valence-electron chi connectivity index (χ3n) is 4.57. The highest BCUT2D eigenvalue weighted by atomic mass is 16.6. The molecule has 0 spiro atoms. The maximum atomic E-state index is 12.6. The number of ether oxygens (including phenoxy) is 2. The number of Topliss-reactive ketones (excluding diaryl/α,β-unsaturated/α-hetero) is 1. The average Bonchev–Trinajstić information content (AvgIpc) is 2.81. The van der Waals surface area contributed by atoms with Crippen LogP contribution in [0.2, 0.25) is 0 Å². The summed E-state index contributed by atoms with van der Waals surface area (Å²) in [6, 6.07) is 18.3. The average molecular weight is 433 g/mol. The van der Waals surface area contributed by atoms with Crippen molar-refractivity contribution in [1.82, 2.24) is 0 Å². The molecular weight excluding hydrogens is 414 g/mol. The smallest absolute Gasteiger partial charge is 0.343 e. The third kappa shape index (κ3) is 5.33. The van der Waals surface area contributed by atoms with Gasteiger partial charge in [0.15, 0.2) is 5.78 Å². The second-order valence-corrected chi connectivity index (χ2v) is 6.64. The van der Waals surface area contributed by atoms with E-state index in [9.17, 15) is 19.7 Å². The summed E-state index contributed by atoms with van der Waals surface area (Å²) >= 11 is 0. The van der Waals surface area contributed by atoms with Gasteiger partial charge in [-0.15, -0.1) is 0 Å². The van der Waals surface area contributed by atoms with E-state index < -0.39 is 10.9 Å². The standard InChI is InChI=1S/C23H19N3O6/c1-31-19-10-6-17(7-11-19)23(28)32-20-12-4-16(5-13-20)22(25-24)21(27)14-15-2-8-18(9-3-15)26(29)30/h2-13H,14,24H2,1H3/b25-22+. The number of carbonyl (C=O) groups excluding carboxylic acids is 2. The van der Waals surface area contributed by atoms with Crippen molar-refractivity contribution in [1.29, 1.82) is 0 Å². The summed E-state index contributed by atoms with van der Waals surface area (Å²) in [6.07, 6.45) is -0.0256. The largest absolute Gasteiger partial charge is 0.497 e. The number of benzene rings is 3. The van der Waals surface area contributed by atoms with Crippen LogP contribution in [0.15, 0.2) is 77.9 Å². The number of hydrazone groups is 1. The number of non-ortho nitro benzene ring substituents is 1. The Bertz CT molecular complexity index is 1150. The summed E-state index contributed by atoms with van der Waals surface area (Å²) in [4.78, 5) is 35.1. The van der Waals surface area contributed by atoms with Crippen molar-refractivity contribution >= 4 is 23.2 Å². The van der Waals surface area contributed by atoms with Crippen LogP contribution in [0.25, 0.3) is 0 Å².